The Hall–Kier alpha value is -7.69. The van der Waals surface area contributed by atoms with Gasteiger partial charge in [0.25, 0.3) is 0 Å². The molecule has 0 heterocycles. The van der Waals surface area contributed by atoms with E-state index in [2.05, 4.69) is 25.3 Å². The van der Waals surface area contributed by atoms with Crippen molar-refractivity contribution in [1.82, 2.24) is 0 Å². The first-order valence-electron chi connectivity index (χ1n) is 20.1. The largest absolute Gasteiger partial charge is 1.00 e. The second-order valence-electron chi connectivity index (χ2n) is 14.3. The van der Waals surface area contributed by atoms with Crippen LogP contribution in [0.15, 0.2) is 127 Å². The summed E-state index contributed by atoms with van der Waals surface area (Å²) in [5, 5.41) is 12.2. The minimum Gasteiger partial charge on any atom is -1.00 e. The summed E-state index contributed by atoms with van der Waals surface area (Å²) in [6.07, 6.45) is -14.3. The van der Waals surface area contributed by atoms with Crippen molar-refractivity contribution in [2.45, 2.75) is 31.6 Å². The van der Waals surface area contributed by atoms with Gasteiger partial charge in [-0.2, -0.15) is 39.5 Å². The fourth-order valence-corrected chi connectivity index (χ4v) is 5.83. The van der Waals surface area contributed by atoms with Crippen LogP contribution in [-0.4, -0.2) is 57.0 Å². The second-order valence-corrected chi connectivity index (χ2v) is 14.3. The van der Waals surface area contributed by atoms with Gasteiger partial charge in [0.2, 0.25) is 0 Å². The Morgan fingerprint density at radius 3 is 1.28 bits per heavy atom. The van der Waals surface area contributed by atoms with Gasteiger partial charge in [-0.25, -0.2) is 14.4 Å². The number of alkyl halides is 9. The number of hydrogen-bond donors (Lipinski definition) is 4. The van der Waals surface area contributed by atoms with Gasteiger partial charge in [-0.3, -0.25) is 0 Å². The molecular weight excluding hydrogens is 985 g/mol. The average Bonchev–Trinajstić information content (AvgIpc) is 3.31. The highest BCUT2D eigenvalue weighted by Crippen LogP contribution is 2.41. The lowest BCUT2D eigenvalue weighted by Gasteiger charge is -2.16. The number of nitrogen functional groups attached to an aromatic ring is 1. The van der Waals surface area contributed by atoms with Crippen LogP contribution in [0.25, 0.3) is 0 Å². The number of halogens is 10. The van der Waals surface area contributed by atoms with Gasteiger partial charge < -0.3 is 62.7 Å². The van der Waals surface area contributed by atoms with Crippen molar-refractivity contribution in [2.24, 2.45) is 0 Å². The maximum absolute atomic E-state index is 13.1. The van der Waals surface area contributed by atoms with E-state index < -0.39 is 59.2 Å². The third-order valence-corrected chi connectivity index (χ3v) is 9.16. The third-order valence-electron chi connectivity index (χ3n) is 9.16. The van der Waals surface area contributed by atoms with Crippen LogP contribution >= 0.6 is 0 Å². The minimum atomic E-state index is -4.57. The number of carbonyl (C=O) groups excluding carboxylic acids is 3. The lowest BCUT2D eigenvalue weighted by atomic mass is 10.1. The number of esters is 3. The molecular formula is C48H43ClF9N3O10. The highest BCUT2D eigenvalue weighted by molar-refractivity contribution is 5.96. The van der Waals surface area contributed by atoms with Crippen molar-refractivity contribution >= 4 is 35.0 Å². The average molecular weight is 1030 g/mol. The Morgan fingerprint density at radius 1 is 0.549 bits per heavy atom. The lowest BCUT2D eigenvalue weighted by molar-refractivity contribution is -0.255. The van der Waals surface area contributed by atoms with Crippen LogP contribution in [0.3, 0.4) is 0 Å². The molecule has 7 N–H and O–H groups in total. The summed E-state index contributed by atoms with van der Waals surface area (Å²) in [5.41, 5.74) is 7.68. The molecule has 23 heteroatoms. The molecule has 0 saturated heterocycles. The summed E-state index contributed by atoms with van der Waals surface area (Å²) in [7, 11) is 3.57. The van der Waals surface area contributed by atoms with E-state index >= 15 is 0 Å². The maximum Gasteiger partial charge on any atom is 0.419 e. The number of benzene rings is 6. The molecule has 0 saturated carbocycles. The van der Waals surface area contributed by atoms with E-state index in [-0.39, 0.29) is 75.8 Å². The zero-order valence-corrected chi connectivity index (χ0v) is 38.4. The Balaban J connectivity index is 0.000000281. The molecule has 0 bridgehead atoms. The summed E-state index contributed by atoms with van der Waals surface area (Å²) in [4.78, 5) is 35.0. The number of rotatable bonds is 12. The molecule has 6 aromatic rings. The number of methoxy groups -OCH3 is 3. The maximum atomic E-state index is 13.1. The Morgan fingerprint density at radius 2 is 0.887 bits per heavy atom. The van der Waals surface area contributed by atoms with Crippen molar-refractivity contribution in [3.63, 3.8) is 0 Å². The fourth-order valence-electron chi connectivity index (χ4n) is 5.83. The molecule has 6 rings (SSSR count). The highest BCUT2D eigenvalue weighted by atomic mass is 35.5. The number of ether oxygens (including phenoxy) is 6. The number of quaternary nitrogens is 1. The van der Waals surface area contributed by atoms with Gasteiger partial charge in [0.1, 0.15) is 45.7 Å². The molecule has 1 unspecified atom stereocenters. The van der Waals surface area contributed by atoms with Crippen LogP contribution in [0.5, 0.6) is 34.5 Å². The van der Waals surface area contributed by atoms with Crippen LogP contribution in [0.2, 0.25) is 0 Å². The normalized spacial score (nSPS) is 11.4. The number of aliphatic hydroxyl groups excluding tert-OH is 1. The van der Waals surface area contributed by atoms with Crippen LogP contribution in [-0.2, 0) is 32.7 Å². The van der Waals surface area contributed by atoms with Crippen molar-refractivity contribution in [3.05, 3.63) is 161 Å². The monoisotopic (exact) mass is 1030 g/mol. The molecule has 0 aliphatic rings. The first-order valence-corrected chi connectivity index (χ1v) is 20.1. The number of nitrogens with two attached hydrogens (primary N) is 1. The molecule has 0 spiro atoms. The number of para-hydroxylation sites is 3. The predicted molar refractivity (Wildman–Crippen MR) is 235 cm³/mol. The predicted octanol–water partition coefficient (Wildman–Crippen LogP) is 8.11. The first kappa shape index (κ1) is 57.6. The number of anilines is 2. The van der Waals surface area contributed by atoms with Gasteiger partial charge in [0.05, 0.1) is 55.3 Å². The van der Waals surface area contributed by atoms with Crippen LogP contribution in [0.4, 0.5) is 56.6 Å². The summed E-state index contributed by atoms with van der Waals surface area (Å²) in [6, 6.07) is 26.7. The van der Waals surface area contributed by atoms with Crippen LogP contribution < -0.4 is 43.4 Å². The van der Waals surface area contributed by atoms with E-state index in [0.717, 1.165) is 18.2 Å². The van der Waals surface area contributed by atoms with E-state index in [1.165, 1.54) is 131 Å². The zero-order valence-electron chi connectivity index (χ0n) is 37.6. The number of carbonyl (C=O) groups is 3. The van der Waals surface area contributed by atoms with E-state index in [0.29, 0.717) is 11.4 Å². The molecule has 380 valence electrons. The van der Waals surface area contributed by atoms with Crippen molar-refractivity contribution < 1.29 is 106 Å². The number of aliphatic hydroxyl groups is 1. The highest BCUT2D eigenvalue weighted by Gasteiger charge is 2.36. The SMILES string of the molecule is COC(=O)c1cc(Oc2ccccc2C(F)(F)F)ccc1N.COC(=O)c1cc(Oc2ccccc2C(F)(F)F)ccc1NCC(C)O.COC(=O)c1cc(Oc2ccccc2C(F)(F)F)ccc1[NH3+].[Cl-]. The van der Waals surface area contributed by atoms with Crippen LogP contribution in [0.1, 0.15) is 54.7 Å². The smallest absolute Gasteiger partial charge is 0.419 e. The molecule has 0 aliphatic heterocycles. The van der Waals surface area contributed by atoms with Gasteiger partial charge in [-0.1, -0.05) is 36.4 Å². The summed E-state index contributed by atoms with van der Waals surface area (Å²) in [6.45, 7) is 1.75. The summed E-state index contributed by atoms with van der Waals surface area (Å²) < 4.78 is 146. The van der Waals surface area contributed by atoms with E-state index in [4.69, 9.17) is 19.9 Å². The van der Waals surface area contributed by atoms with Gasteiger partial charge in [-0.05, 0) is 85.8 Å². The summed E-state index contributed by atoms with van der Waals surface area (Å²) >= 11 is 0. The Kier molecular flexibility index (Phi) is 20.5. The van der Waals surface area contributed by atoms with Gasteiger partial charge >= 0.3 is 36.4 Å². The fraction of sp³-hybridized carbons (Fsp3) is 0.188. The molecule has 0 radical (unpaired) electrons. The van der Waals surface area contributed by atoms with Crippen molar-refractivity contribution in [2.75, 3.05) is 38.9 Å². The minimum absolute atomic E-state index is 0. The molecule has 1 atom stereocenters. The molecule has 0 aromatic heterocycles. The first-order chi connectivity index (χ1) is 32.9. The molecule has 0 amide bonds. The third kappa shape index (κ3) is 16.5. The van der Waals surface area contributed by atoms with E-state index in [1.807, 2.05) is 0 Å². The van der Waals surface area contributed by atoms with E-state index in [1.54, 1.807) is 6.92 Å². The van der Waals surface area contributed by atoms with Crippen molar-refractivity contribution in [3.8, 4) is 34.5 Å². The molecule has 71 heavy (non-hydrogen) atoms. The second kappa shape index (κ2) is 25.3. The van der Waals surface area contributed by atoms with Gasteiger partial charge in [-0.15, -0.1) is 0 Å². The number of hydrogen-bond acceptors (Lipinski definition) is 12. The lowest BCUT2D eigenvalue weighted by Crippen LogP contribution is -3.00. The summed E-state index contributed by atoms with van der Waals surface area (Å²) in [5.74, 6) is -2.93. The molecule has 0 aliphatic carbocycles. The molecule has 13 nitrogen and oxygen atoms in total. The number of nitrogens with one attached hydrogen (secondary N) is 1. The molecule has 0 fully saturated rings. The molecule has 6 aromatic carbocycles. The Labute approximate surface area is 405 Å². The van der Waals surface area contributed by atoms with Crippen molar-refractivity contribution in [1.29, 1.82) is 0 Å². The quantitative estimate of drug-likeness (QED) is 0.0399. The van der Waals surface area contributed by atoms with E-state index in [9.17, 15) is 59.0 Å². The zero-order chi connectivity index (χ0) is 52.0. The van der Waals surface area contributed by atoms with Gasteiger partial charge in [0, 0.05) is 30.1 Å². The topological polar surface area (TPSA) is 193 Å². The standard InChI is InChI=1S/C18H18F3NO4.2C15H12F3NO3.ClH/c1-11(23)10-22-15-8-7-12(9-13(15)17(24)25-2)26-16-6-4-3-5-14(16)18(19,20)21;2*1-21-14(20)10-8-9(6-7-12(10)19)22-13-5-3-2-4-11(13)15(16,17)18;/h3-9,11,22-23H,10H2,1-2H3;2*2-8H,19H2,1H3;1H. The van der Waals surface area contributed by atoms with Gasteiger partial charge in [0.15, 0.2) is 0 Å². The Bertz CT molecular complexity index is 2650. The van der Waals surface area contributed by atoms with Crippen LogP contribution in [0, 0.1) is 0 Å².